The van der Waals surface area contributed by atoms with Crippen molar-refractivity contribution < 1.29 is 14.3 Å². The van der Waals surface area contributed by atoms with E-state index in [2.05, 4.69) is 13.8 Å². The SMILES string of the molecule is CCC(C)COC1CCC(C(=O)OC)CC1. The Morgan fingerprint density at radius 2 is 1.94 bits per heavy atom. The maximum atomic E-state index is 11.3. The molecule has 0 spiro atoms. The average molecular weight is 228 g/mol. The maximum Gasteiger partial charge on any atom is 0.308 e. The van der Waals surface area contributed by atoms with Crippen LogP contribution in [0, 0.1) is 11.8 Å². The summed E-state index contributed by atoms with van der Waals surface area (Å²) in [6, 6.07) is 0. The molecule has 0 aromatic carbocycles. The lowest BCUT2D eigenvalue weighted by Gasteiger charge is -2.27. The minimum Gasteiger partial charge on any atom is -0.469 e. The van der Waals surface area contributed by atoms with E-state index in [1.54, 1.807) is 0 Å². The second-order valence-corrected chi connectivity index (χ2v) is 4.84. The van der Waals surface area contributed by atoms with E-state index in [1.807, 2.05) is 0 Å². The Labute approximate surface area is 98.5 Å². The van der Waals surface area contributed by atoms with Crippen molar-refractivity contribution in [1.82, 2.24) is 0 Å². The van der Waals surface area contributed by atoms with Crippen LogP contribution in [0.3, 0.4) is 0 Å². The molecule has 94 valence electrons. The molecule has 0 saturated heterocycles. The predicted octanol–water partition coefficient (Wildman–Crippen LogP) is 2.78. The topological polar surface area (TPSA) is 35.5 Å². The van der Waals surface area contributed by atoms with Crippen LogP contribution in [-0.2, 0) is 14.3 Å². The molecule has 1 aliphatic rings. The minimum absolute atomic E-state index is 0.0552. The van der Waals surface area contributed by atoms with E-state index >= 15 is 0 Å². The standard InChI is InChI=1S/C13H24O3/c1-4-10(2)9-16-12-7-5-11(6-8-12)13(14)15-3/h10-12H,4-9H2,1-3H3. The van der Waals surface area contributed by atoms with Gasteiger partial charge in [0.25, 0.3) is 0 Å². The van der Waals surface area contributed by atoms with Crippen molar-refractivity contribution in [3.8, 4) is 0 Å². The molecule has 0 aromatic heterocycles. The van der Waals surface area contributed by atoms with Crippen LogP contribution in [0.4, 0.5) is 0 Å². The van der Waals surface area contributed by atoms with Crippen LogP contribution in [0.5, 0.6) is 0 Å². The third-order valence-corrected chi connectivity index (χ3v) is 3.52. The van der Waals surface area contributed by atoms with Crippen molar-refractivity contribution in [2.24, 2.45) is 11.8 Å². The first kappa shape index (κ1) is 13.5. The lowest BCUT2D eigenvalue weighted by molar-refractivity contribution is -0.147. The van der Waals surface area contributed by atoms with Gasteiger partial charge in [0.1, 0.15) is 0 Å². The van der Waals surface area contributed by atoms with Crippen LogP contribution < -0.4 is 0 Å². The zero-order valence-electron chi connectivity index (χ0n) is 10.7. The number of hydrogen-bond acceptors (Lipinski definition) is 3. The Hall–Kier alpha value is -0.570. The van der Waals surface area contributed by atoms with Gasteiger partial charge in [-0.25, -0.2) is 0 Å². The third-order valence-electron chi connectivity index (χ3n) is 3.52. The molecule has 0 heterocycles. The smallest absolute Gasteiger partial charge is 0.308 e. The molecule has 3 heteroatoms. The molecule has 0 bridgehead atoms. The van der Waals surface area contributed by atoms with Gasteiger partial charge in [-0.1, -0.05) is 20.3 Å². The molecule has 0 aromatic rings. The number of ether oxygens (including phenoxy) is 2. The van der Waals surface area contributed by atoms with Crippen molar-refractivity contribution in [1.29, 1.82) is 0 Å². The highest BCUT2D eigenvalue weighted by Gasteiger charge is 2.27. The minimum atomic E-state index is -0.0552. The first-order valence-corrected chi connectivity index (χ1v) is 6.36. The molecule has 1 rings (SSSR count). The second-order valence-electron chi connectivity index (χ2n) is 4.84. The zero-order chi connectivity index (χ0) is 12.0. The van der Waals surface area contributed by atoms with E-state index in [-0.39, 0.29) is 11.9 Å². The van der Waals surface area contributed by atoms with Crippen molar-refractivity contribution >= 4 is 5.97 Å². The summed E-state index contributed by atoms with van der Waals surface area (Å²) >= 11 is 0. The summed E-state index contributed by atoms with van der Waals surface area (Å²) in [5, 5.41) is 0. The molecule has 16 heavy (non-hydrogen) atoms. The summed E-state index contributed by atoms with van der Waals surface area (Å²) in [4.78, 5) is 11.3. The Morgan fingerprint density at radius 1 is 1.31 bits per heavy atom. The monoisotopic (exact) mass is 228 g/mol. The lowest BCUT2D eigenvalue weighted by atomic mass is 9.87. The van der Waals surface area contributed by atoms with E-state index in [1.165, 1.54) is 7.11 Å². The van der Waals surface area contributed by atoms with Gasteiger partial charge in [-0.3, -0.25) is 4.79 Å². The molecule has 0 amide bonds. The quantitative estimate of drug-likeness (QED) is 0.679. The van der Waals surface area contributed by atoms with E-state index in [4.69, 9.17) is 9.47 Å². The van der Waals surface area contributed by atoms with Gasteiger partial charge in [0.05, 0.1) is 19.1 Å². The number of rotatable bonds is 5. The normalized spacial score (nSPS) is 27.4. The molecule has 0 N–H and O–H groups in total. The van der Waals surface area contributed by atoms with Gasteiger partial charge in [0.2, 0.25) is 0 Å². The number of esters is 1. The average Bonchev–Trinajstić information content (AvgIpc) is 2.35. The van der Waals surface area contributed by atoms with Crippen LogP contribution >= 0.6 is 0 Å². The van der Waals surface area contributed by atoms with Gasteiger partial charge in [0.15, 0.2) is 0 Å². The van der Waals surface area contributed by atoms with Crippen LogP contribution in [0.1, 0.15) is 46.0 Å². The van der Waals surface area contributed by atoms with Crippen LogP contribution in [0.2, 0.25) is 0 Å². The summed E-state index contributed by atoms with van der Waals surface area (Å²) in [5.41, 5.74) is 0. The highest BCUT2D eigenvalue weighted by Crippen LogP contribution is 2.27. The molecule has 0 radical (unpaired) electrons. The molecule has 1 unspecified atom stereocenters. The molecule has 3 nitrogen and oxygen atoms in total. The molecular weight excluding hydrogens is 204 g/mol. The zero-order valence-corrected chi connectivity index (χ0v) is 10.7. The van der Waals surface area contributed by atoms with Gasteiger partial charge < -0.3 is 9.47 Å². The molecular formula is C13H24O3. The van der Waals surface area contributed by atoms with Gasteiger partial charge in [-0.15, -0.1) is 0 Å². The fraction of sp³-hybridized carbons (Fsp3) is 0.923. The Balaban J connectivity index is 2.19. The van der Waals surface area contributed by atoms with E-state index in [0.29, 0.717) is 12.0 Å². The fourth-order valence-corrected chi connectivity index (χ4v) is 2.05. The number of methoxy groups -OCH3 is 1. The van der Waals surface area contributed by atoms with E-state index in [9.17, 15) is 4.79 Å². The number of hydrogen-bond donors (Lipinski definition) is 0. The van der Waals surface area contributed by atoms with E-state index < -0.39 is 0 Å². The number of carbonyl (C=O) groups is 1. The van der Waals surface area contributed by atoms with Crippen molar-refractivity contribution in [3.05, 3.63) is 0 Å². The highest BCUT2D eigenvalue weighted by atomic mass is 16.5. The highest BCUT2D eigenvalue weighted by molar-refractivity contribution is 5.72. The largest absolute Gasteiger partial charge is 0.469 e. The molecule has 1 aliphatic carbocycles. The Morgan fingerprint density at radius 3 is 2.44 bits per heavy atom. The van der Waals surface area contributed by atoms with Gasteiger partial charge in [-0.2, -0.15) is 0 Å². The molecule has 1 saturated carbocycles. The summed E-state index contributed by atoms with van der Waals surface area (Å²) < 4.78 is 10.6. The van der Waals surface area contributed by atoms with Gasteiger partial charge in [0, 0.05) is 6.61 Å². The molecule has 1 atom stereocenters. The lowest BCUT2D eigenvalue weighted by Crippen LogP contribution is -2.27. The molecule has 1 fully saturated rings. The second kappa shape index (κ2) is 6.89. The maximum absolute atomic E-state index is 11.3. The summed E-state index contributed by atoms with van der Waals surface area (Å²) in [5.74, 6) is 0.687. The molecule has 0 aliphatic heterocycles. The van der Waals surface area contributed by atoms with Crippen LogP contribution in [-0.4, -0.2) is 25.8 Å². The van der Waals surface area contributed by atoms with Crippen LogP contribution in [0.25, 0.3) is 0 Å². The third kappa shape index (κ3) is 4.12. The van der Waals surface area contributed by atoms with Gasteiger partial charge in [-0.05, 0) is 31.6 Å². The summed E-state index contributed by atoms with van der Waals surface area (Å²) in [6.45, 7) is 5.24. The summed E-state index contributed by atoms with van der Waals surface area (Å²) in [6.07, 6.45) is 5.34. The first-order chi connectivity index (χ1) is 7.67. The summed E-state index contributed by atoms with van der Waals surface area (Å²) in [7, 11) is 1.47. The number of carbonyl (C=O) groups excluding carboxylic acids is 1. The fourth-order valence-electron chi connectivity index (χ4n) is 2.05. The first-order valence-electron chi connectivity index (χ1n) is 6.36. The van der Waals surface area contributed by atoms with Crippen molar-refractivity contribution in [2.45, 2.75) is 52.1 Å². The Bertz CT molecular complexity index is 207. The Kier molecular flexibility index (Phi) is 5.81. The van der Waals surface area contributed by atoms with Gasteiger partial charge >= 0.3 is 5.97 Å². The predicted molar refractivity (Wildman–Crippen MR) is 63.2 cm³/mol. The van der Waals surface area contributed by atoms with E-state index in [0.717, 1.165) is 38.7 Å². The van der Waals surface area contributed by atoms with Crippen molar-refractivity contribution in [2.75, 3.05) is 13.7 Å². The van der Waals surface area contributed by atoms with Crippen molar-refractivity contribution in [3.63, 3.8) is 0 Å². The van der Waals surface area contributed by atoms with Crippen LogP contribution in [0.15, 0.2) is 0 Å².